The fourth-order valence-electron chi connectivity index (χ4n) is 1.86. The molecule has 0 aliphatic carbocycles. The zero-order chi connectivity index (χ0) is 17.9. The number of hydrogen-bond donors (Lipinski definition) is 1. The van der Waals surface area contributed by atoms with Crippen LogP contribution < -0.4 is 5.32 Å². The van der Waals surface area contributed by atoms with Gasteiger partial charge in [0, 0.05) is 12.3 Å². The molecular weight excluding hydrogens is 336 g/mol. The van der Waals surface area contributed by atoms with Crippen molar-refractivity contribution in [3.8, 4) is 0 Å². The summed E-state index contributed by atoms with van der Waals surface area (Å²) >= 11 is 0. The van der Waals surface area contributed by atoms with Crippen molar-refractivity contribution in [2.45, 2.75) is 18.7 Å². The number of nitrogens with zero attached hydrogens (tertiary/aromatic N) is 1. The Balaban J connectivity index is 2.03. The summed E-state index contributed by atoms with van der Waals surface area (Å²) in [5.74, 6) is -1.25. The van der Waals surface area contributed by atoms with E-state index < -0.39 is 28.3 Å². The predicted octanol–water partition coefficient (Wildman–Crippen LogP) is 1.49. The van der Waals surface area contributed by atoms with Gasteiger partial charge in [-0.05, 0) is 31.5 Å². The van der Waals surface area contributed by atoms with Gasteiger partial charge in [-0.25, -0.2) is 13.2 Å². The molecule has 2 rings (SSSR count). The molecule has 0 unspecified atom stereocenters. The first-order chi connectivity index (χ1) is 11.2. The van der Waals surface area contributed by atoms with Crippen LogP contribution in [-0.2, 0) is 19.4 Å². The summed E-state index contributed by atoms with van der Waals surface area (Å²) in [5.41, 5.74) is 1.22. The summed E-state index contributed by atoms with van der Waals surface area (Å²) in [6, 6.07) is 5.65. The lowest BCUT2D eigenvalue weighted by atomic mass is 10.1. The number of benzene rings is 1. The number of rotatable bonds is 5. The van der Waals surface area contributed by atoms with Crippen LogP contribution in [0, 0.1) is 13.8 Å². The van der Waals surface area contributed by atoms with Gasteiger partial charge in [0.25, 0.3) is 5.91 Å². The Bertz CT molecular complexity index is 885. The Kier molecular flexibility index (Phi) is 5.03. The molecule has 1 aromatic carbocycles. The van der Waals surface area contributed by atoms with E-state index in [0.29, 0.717) is 11.3 Å². The summed E-state index contributed by atoms with van der Waals surface area (Å²) in [4.78, 5) is 23.8. The lowest BCUT2D eigenvalue weighted by molar-refractivity contribution is -0.119. The van der Waals surface area contributed by atoms with E-state index in [2.05, 4.69) is 10.5 Å². The number of anilines is 1. The third-order valence-electron chi connectivity index (χ3n) is 3.08. The predicted molar refractivity (Wildman–Crippen MR) is 84.4 cm³/mol. The molecule has 0 fully saturated rings. The van der Waals surface area contributed by atoms with E-state index in [1.807, 2.05) is 0 Å². The van der Waals surface area contributed by atoms with Crippen molar-refractivity contribution in [3.63, 3.8) is 0 Å². The monoisotopic (exact) mass is 352 g/mol. The maximum absolute atomic E-state index is 12.1. The Morgan fingerprint density at radius 1 is 1.25 bits per heavy atom. The molecule has 1 amide bonds. The van der Waals surface area contributed by atoms with Gasteiger partial charge in [-0.15, -0.1) is 0 Å². The van der Waals surface area contributed by atoms with E-state index in [-0.39, 0.29) is 16.3 Å². The van der Waals surface area contributed by atoms with Crippen molar-refractivity contribution in [1.29, 1.82) is 0 Å². The molecule has 128 valence electrons. The normalized spacial score (nSPS) is 11.1. The Hall–Kier alpha value is -2.68. The van der Waals surface area contributed by atoms with E-state index in [1.54, 1.807) is 13.8 Å². The topological polar surface area (TPSA) is 116 Å². The van der Waals surface area contributed by atoms with Crippen LogP contribution in [0.5, 0.6) is 0 Å². The first kappa shape index (κ1) is 17.7. The Labute approximate surface area is 138 Å². The highest BCUT2D eigenvalue weighted by Gasteiger charge is 2.17. The quantitative estimate of drug-likeness (QED) is 0.810. The zero-order valence-electron chi connectivity index (χ0n) is 13.3. The first-order valence-electron chi connectivity index (χ1n) is 6.88. The van der Waals surface area contributed by atoms with Crippen LogP contribution in [0.3, 0.4) is 0 Å². The minimum Gasteiger partial charge on any atom is -0.452 e. The summed E-state index contributed by atoms with van der Waals surface area (Å²) in [5, 5.41) is 5.98. The molecule has 1 heterocycles. The van der Waals surface area contributed by atoms with Crippen LogP contribution in [0.4, 0.5) is 5.88 Å². The Morgan fingerprint density at radius 3 is 2.54 bits per heavy atom. The number of aromatic nitrogens is 1. The number of sulfone groups is 1. The molecule has 1 N–H and O–H groups in total. The van der Waals surface area contributed by atoms with Crippen LogP contribution in [0.1, 0.15) is 21.6 Å². The molecular formula is C15H16N2O6S. The van der Waals surface area contributed by atoms with Crippen molar-refractivity contribution in [3.05, 3.63) is 41.1 Å². The highest BCUT2D eigenvalue weighted by Crippen LogP contribution is 2.16. The summed E-state index contributed by atoms with van der Waals surface area (Å²) in [7, 11) is -3.45. The van der Waals surface area contributed by atoms with Gasteiger partial charge in [-0.3, -0.25) is 10.1 Å². The van der Waals surface area contributed by atoms with Crippen molar-refractivity contribution in [2.24, 2.45) is 0 Å². The molecule has 0 aliphatic rings. The fraction of sp³-hybridized carbons (Fsp3) is 0.267. The minimum atomic E-state index is -3.45. The lowest BCUT2D eigenvalue weighted by Crippen LogP contribution is -2.21. The molecule has 24 heavy (non-hydrogen) atoms. The maximum Gasteiger partial charge on any atom is 0.338 e. The van der Waals surface area contributed by atoms with Gasteiger partial charge < -0.3 is 9.26 Å². The molecule has 0 radical (unpaired) electrons. The third-order valence-corrected chi connectivity index (χ3v) is 4.19. The van der Waals surface area contributed by atoms with Gasteiger partial charge in [-0.1, -0.05) is 11.2 Å². The summed E-state index contributed by atoms with van der Waals surface area (Å²) in [6.07, 6.45) is 1.04. The molecule has 2 aromatic rings. The number of esters is 1. The summed E-state index contributed by atoms with van der Waals surface area (Å²) < 4.78 is 32.8. The van der Waals surface area contributed by atoms with Crippen LogP contribution in [0.2, 0.25) is 0 Å². The number of carbonyl (C=O) groups excluding carboxylic acids is 2. The van der Waals surface area contributed by atoms with E-state index in [0.717, 1.165) is 6.26 Å². The van der Waals surface area contributed by atoms with Gasteiger partial charge in [0.1, 0.15) is 0 Å². The van der Waals surface area contributed by atoms with Crippen molar-refractivity contribution in [2.75, 3.05) is 18.2 Å². The van der Waals surface area contributed by atoms with E-state index >= 15 is 0 Å². The van der Waals surface area contributed by atoms with Crippen LogP contribution in [0.25, 0.3) is 0 Å². The van der Waals surface area contributed by atoms with E-state index in [1.165, 1.54) is 24.3 Å². The zero-order valence-corrected chi connectivity index (χ0v) is 14.1. The number of hydrogen-bond acceptors (Lipinski definition) is 7. The minimum absolute atomic E-state index is 0.00152. The number of carbonyl (C=O) groups is 2. The van der Waals surface area contributed by atoms with Crippen molar-refractivity contribution < 1.29 is 27.3 Å². The highest BCUT2D eigenvalue weighted by atomic mass is 32.2. The first-order valence-corrected chi connectivity index (χ1v) is 8.77. The van der Waals surface area contributed by atoms with Crippen LogP contribution in [0.15, 0.2) is 33.7 Å². The van der Waals surface area contributed by atoms with Gasteiger partial charge in [0.2, 0.25) is 5.88 Å². The molecule has 0 saturated carbocycles. The average Bonchev–Trinajstić information content (AvgIpc) is 2.89. The second-order valence-corrected chi connectivity index (χ2v) is 7.22. The summed E-state index contributed by atoms with van der Waals surface area (Å²) in [6.45, 7) is 2.79. The van der Waals surface area contributed by atoms with E-state index in [4.69, 9.17) is 9.26 Å². The number of amides is 1. The van der Waals surface area contributed by atoms with Crippen molar-refractivity contribution in [1.82, 2.24) is 5.16 Å². The second-order valence-electron chi connectivity index (χ2n) is 5.21. The molecule has 0 spiro atoms. The SMILES string of the molecule is Cc1cc(NC(=O)COC(=O)c2cc(S(C)(=O)=O)ccc2C)on1. The average molecular weight is 352 g/mol. The van der Waals surface area contributed by atoms with Crippen LogP contribution in [-0.4, -0.2) is 38.3 Å². The number of ether oxygens (including phenoxy) is 1. The standard InChI is InChI=1S/C15H16N2O6S/c1-9-4-5-11(24(3,20)21)7-12(9)15(19)22-8-13(18)16-14-6-10(2)17-23-14/h4-7H,8H2,1-3H3,(H,16,18). The molecule has 9 heteroatoms. The van der Waals surface area contributed by atoms with Crippen molar-refractivity contribution >= 4 is 27.6 Å². The molecule has 8 nitrogen and oxygen atoms in total. The molecule has 0 atom stereocenters. The van der Waals surface area contributed by atoms with Gasteiger partial charge in [0.05, 0.1) is 16.2 Å². The maximum atomic E-state index is 12.1. The largest absolute Gasteiger partial charge is 0.452 e. The smallest absolute Gasteiger partial charge is 0.338 e. The van der Waals surface area contributed by atoms with Gasteiger partial charge >= 0.3 is 5.97 Å². The number of aryl methyl sites for hydroxylation is 2. The third kappa shape index (κ3) is 4.42. The molecule has 0 aliphatic heterocycles. The number of nitrogens with one attached hydrogen (secondary N) is 1. The van der Waals surface area contributed by atoms with Crippen LogP contribution >= 0.6 is 0 Å². The molecule has 0 bridgehead atoms. The second kappa shape index (κ2) is 6.83. The molecule has 1 aromatic heterocycles. The van der Waals surface area contributed by atoms with Gasteiger partial charge in [0.15, 0.2) is 16.4 Å². The highest BCUT2D eigenvalue weighted by molar-refractivity contribution is 7.90. The Morgan fingerprint density at radius 2 is 1.96 bits per heavy atom. The van der Waals surface area contributed by atoms with E-state index in [9.17, 15) is 18.0 Å². The molecule has 0 saturated heterocycles. The lowest BCUT2D eigenvalue weighted by Gasteiger charge is -2.08. The van der Waals surface area contributed by atoms with Gasteiger partial charge in [-0.2, -0.15) is 0 Å². The fourth-order valence-corrected chi connectivity index (χ4v) is 2.50.